The van der Waals surface area contributed by atoms with Gasteiger partial charge in [0.15, 0.2) is 5.58 Å². The first-order chi connectivity index (χ1) is 9.17. The fraction of sp³-hybridized carbons (Fsp3) is 0.231. The lowest BCUT2D eigenvalue weighted by atomic mass is 10.1. The molecule has 0 aliphatic rings. The fourth-order valence-corrected chi connectivity index (χ4v) is 2.18. The van der Waals surface area contributed by atoms with Crippen molar-refractivity contribution in [2.24, 2.45) is 12.8 Å². The summed E-state index contributed by atoms with van der Waals surface area (Å²) in [6, 6.07) is 7.57. The third-order valence-corrected chi connectivity index (χ3v) is 3.05. The van der Waals surface area contributed by atoms with Gasteiger partial charge < -0.3 is 10.2 Å². The highest BCUT2D eigenvalue weighted by Crippen LogP contribution is 2.23. The van der Waals surface area contributed by atoms with Gasteiger partial charge in [0.1, 0.15) is 0 Å². The summed E-state index contributed by atoms with van der Waals surface area (Å²) >= 11 is 0. The monoisotopic (exact) mass is 258 g/mol. The molecule has 0 spiro atoms. The van der Waals surface area contributed by atoms with E-state index in [0.717, 1.165) is 23.4 Å². The van der Waals surface area contributed by atoms with Crippen LogP contribution in [0.25, 0.3) is 22.4 Å². The molecule has 0 saturated carbocycles. The Morgan fingerprint density at radius 1 is 1.42 bits per heavy atom. The predicted octanol–water partition coefficient (Wildman–Crippen LogP) is 1.02. The summed E-state index contributed by atoms with van der Waals surface area (Å²) in [5.74, 6) is -0.444. The molecule has 2 aromatic heterocycles. The Kier molecular flexibility index (Phi) is 2.72. The summed E-state index contributed by atoms with van der Waals surface area (Å²) < 4.78 is 6.79. The molecule has 3 aromatic rings. The molecule has 6 heteroatoms. The van der Waals surface area contributed by atoms with E-state index in [0.29, 0.717) is 17.6 Å². The number of rotatable bonds is 3. The van der Waals surface area contributed by atoms with Gasteiger partial charge >= 0.3 is 5.76 Å². The number of hydrogen-bond donors (Lipinski definition) is 2. The van der Waals surface area contributed by atoms with Crippen LogP contribution in [0.2, 0.25) is 0 Å². The van der Waals surface area contributed by atoms with Crippen LogP contribution in [0.3, 0.4) is 0 Å². The van der Waals surface area contributed by atoms with Gasteiger partial charge in [-0.15, -0.1) is 0 Å². The number of benzene rings is 1. The molecule has 0 saturated heterocycles. The van der Waals surface area contributed by atoms with Crippen molar-refractivity contribution < 1.29 is 4.42 Å². The van der Waals surface area contributed by atoms with Crippen LogP contribution in [0.1, 0.15) is 5.69 Å². The molecule has 98 valence electrons. The highest BCUT2D eigenvalue weighted by atomic mass is 16.4. The maximum atomic E-state index is 11.1. The summed E-state index contributed by atoms with van der Waals surface area (Å²) in [6.07, 6.45) is 0.749. The number of nitrogens with one attached hydrogen (secondary N) is 1. The largest absolute Gasteiger partial charge is 0.417 e. The van der Waals surface area contributed by atoms with E-state index in [1.165, 1.54) is 0 Å². The van der Waals surface area contributed by atoms with Crippen molar-refractivity contribution in [3.8, 4) is 11.3 Å². The topological polar surface area (TPSA) is 89.8 Å². The quantitative estimate of drug-likeness (QED) is 0.734. The van der Waals surface area contributed by atoms with Crippen molar-refractivity contribution in [1.82, 2.24) is 14.8 Å². The normalized spacial score (nSPS) is 11.3. The molecule has 0 aliphatic carbocycles. The minimum atomic E-state index is -0.444. The van der Waals surface area contributed by atoms with Crippen molar-refractivity contribution in [2.75, 3.05) is 6.54 Å². The average molecular weight is 258 g/mol. The molecule has 3 N–H and O–H groups in total. The van der Waals surface area contributed by atoms with E-state index in [4.69, 9.17) is 10.2 Å². The molecule has 0 aliphatic heterocycles. The Morgan fingerprint density at radius 3 is 3.05 bits per heavy atom. The average Bonchev–Trinajstić information content (AvgIpc) is 2.90. The van der Waals surface area contributed by atoms with Crippen molar-refractivity contribution in [3.63, 3.8) is 0 Å². The SMILES string of the molecule is Cn1nc(CCN)cc1-c1ccc2oc(=O)[nH]c2c1. The van der Waals surface area contributed by atoms with Gasteiger partial charge in [0.2, 0.25) is 0 Å². The zero-order valence-corrected chi connectivity index (χ0v) is 10.5. The molecule has 6 nitrogen and oxygen atoms in total. The Labute approximate surface area is 108 Å². The molecule has 3 rings (SSSR count). The van der Waals surface area contributed by atoms with E-state index in [2.05, 4.69) is 10.1 Å². The second-order valence-corrected chi connectivity index (χ2v) is 4.41. The fourth-order valence-electron chi connectivity index (χ4n) is 2.18. The first kappa shape index (κ1) is 11.7. The summed E-state index contributed by atoms with van der Waals surface area (Å²) in [5, 5.41) is 4.40. The third-order valence-electron chi connectivity index (χ3n) is 3.05. The minimum Gasteiger partial charge on any atom is -0.408 e. The van der Waals surface area contributed by atoms with Crippen molar-refractivity contribution in [3.05, 3.63) is 40.5 Å². The summed E-state index contributed by atoms with van der Waals surface area (Å²) in [6.45, 7) is 0.574. The third kappa shape index (κ3) is 2.06. The number of hydrogen-bond acceptors (Lipinski definition) is 4. The van der Waals surface area contributed by atoms with Gasteiger partial charge in [0, 0.05) is 19.0 Å². The van der Waals surface area contributed by atoms with Gasteiger partial charge in [0.25, 0.3) is 0 Å². The Balaban J connectivity index is 2.10. The lowest BCUT2D eigenvalue weighted by molar-refractivity contribution is 0.555. The van der Waals surface area contributed by atoms with Gasteiger partial charge in [-0.05, 0) is 30.8 Å². The number of nitrogens with zero attached hydrogens (tertiary/aromatic N) is 2. The van der Waals surface area contributed by atoms with E-state index in [-0.39, 0.29) is 0 Å². The molecule has 0 amide bonds. The number of fused-ring (bicyclic) bond motifs is 1. The molecule has 0 unspecified atom stereocenters. The second kappa shape index (κ2) is 4.40. The van der Waals surface area contributed by atoms with Crippen LogP contribution in [0.5, 0.6) is 0 Å². The smallest absolute Gasteiger partial charge is 0.408 e. The van der Waals surface area contributed by atoms with Gasteiger partial charge in [-0.1, -0.05) is 0 Å². The molecule has 2 heterocycles. The van der Waals surface area contributed by atoms with Crippen LogP contribution in [0, 0.1) is 0 Å². The molecule has 0 fully saturated rings. The first-order valence-corrected chi connectivity index (χ1v) is 6.03. The van der Waals surface area contributed by atoms with Crippen LogP contribution < -0.4 is 11.5 Å². The van der Waals surface area contributed by atoms with Crippen LogP contribution >= 0.6 is 0 Å². The maximum Gasteiger partial charge on any atom is 0.417 e. The Hall–Kier alpha value is -2.34. The lowest BCUT2D eigenvalue weighted by Crippen LogP contribution is -2.03. The predicted molar refractivity (Wildman–Crippen MR) is 71.8 cm³/mol. The first-order valence-electron chi connectivity index (χ1n) is 6.03. The zero-order chi connectivity index (χ0) is 13.4. The van der Waals surface area contributed by atoms with Crippen molar-refractivity contribution in [2.45, 2.75) is 6.42 Å². The number of H-pyrrole nitrogens is 1. The number of aromatic amines is 1. The van der Waals surface area contributed by atoms with Crippen molar-refractivity contribution >= 4 is 11.1 Å². The zero-order valence-electron chi connectivity index (χ0n) is 10.5. The van der Waals surface area contributed by atoms with E-state index in [1.807, 2.05) is 29.9 Å². The lowest BCUT2D eigenvalue weighted by Gasteiger charge is -2.00. The highest BCUT2D eigenvalue weighted by Gasteiger charge is 2.09. The summed E-state index contributed by atoms with van der Waals surface area (Å²) in [4.78, 5) is 13.8. The van der Waals surface area contributed by atoms with Crippen LogP contribution in [0.15, 0.2) is 33.5 Å². The number of aryl methyl sites for hydroxylation is 1. The molecular weight excluding hydrogens is 244 g/mol. The molecule has 19 heavy (non-hydrogen) atoms. The van der Waals surface area contributed by atoms with E-state index < -0.39 is 5.76 Å². The van der Waals surface area contributed by atoms with Gasteiger partial charge in [-0.3, -0.25) is 9.67 Å². The van der Waals surface area contributed by atoms with Crippen molar-refractivity contribution in [1.29, 1.82) is 0 Å². The Morgan fingerprint density at radius 2 is 2.26 bits per heavy atom. The molecule has 1 aromatic carbocycles. The van der Waals surface area contributed by atoms with Gasteiger partial charge in [0.05, 0.1) is 16.9 Å². The maximum absolute atomic E-state index is 11.1. The molecule has 0 bridgehead atoms. The van der Waals surface area contributed by atoms with Gasteiger partial charge in [-0.25, -0.2) is 4.79 Å². The van der Waals surface area contributed by atoms with Gasteiger partial charge in [-0.2, -0.15) is 5.10 Å². The number of aromatic nitrogens is 3. The van der Waals surface area contributed by atoms with Crippen LogP contribution in [-0.4, -0.2) is 21.3 Å². The van der Waals surface area contributed by atoms with E-state index in [1.54, 1.807) is 6.07 Å². The number of nitrogens with two attached hydrogens (primary N) is 1. The van der Waals surface area contributed by atoms with Crippen LogP contribution in [0.4, 0.5) is 0 Å². The second-order valence-electron chi connectivity index (χ2n) is 4.41. The number of oxazole rings is 1. The summed E-state index contributed by atoms with van der Waals surface area (Å²) in [7, 11) is 1.89. The van der Waals surface area contributed by atoms with Crippen LogP contribution in [-0.2, 0) is 13.5 Å². The van der Waals surface area contributed by atoms with E-state index >= 15 is 0 Å². The molecule has 0 radical (unpaired) electrons. The Bertz CT molecular complexity index is 781. The minimum absolute atomic E-state index is 0.444. The van der Waals surface area contributed by atoms with E-state index in [9.17, 15) is 4.79 Å². The summed E-state index contributed by atoms with van der Waals surface area (Å²) in [5.41, 5.74) is 9.69. The highest BCUT2D eigenvalue weighted by molar-refractivity contribution is 5.79. The molecule has 0 atom stereocenters. The molecular formula is C13H14N4O2. The standard InChI is InChI=1S/C13H14N4O2/c1-17-11(7-9(16-17)4-5-14)8-2-3-12-10(6-8)15-13(18)19-12/h2-3,6-7H,4-5,14H2,1H3,(H,15,18).